The maximum atomic E-state index is 11.9. The second-order valence-corrected chi connectivity index (χ2v) is 7.84. The van der Waals surface area contributed by atoms with Crippen molar-refractivity contribution in [3.8, 4) is 0 Å². The van der Waals surface area contributed by atoms with Crippen molar-refractivity contribution in [2.45, 2.75) is 76.2 Å². The van der Waals surface area contributed by atoms with Gasteiger partial charge in [-0.15, -0.1) is 0 Å². The molecule has 0 bridgehead atoms. The number of ether oxygens (including phenoxy) is 3. The smallest absolute Gasteiger partial charge is 0.333 e. The molecule has 0 radical (unpaired) electrons. The number of carbonyl (C=O) groups is 2. The van der Waals surface area contributed by atoms with Crippen molar-refractivity contribution in [2.24, 2.45) is 0 Å². The highest BCUT2D eigenvalue weighted by molar-refractivity contribution is 5.87. The van der Waals surface area contributed by atoms with Gasteiger partial charge in [0.1, 0.15) is 12.2 Å². The van der Waals surface area contributed by atoms with Gasteiger partial charge in [0, 0.05) is 24.4 Å². The van der Waals surface area contributed by atoms with Gasteiger partial charge < -0.3 is 44.8 Å². The van der Waals surface area contributed by atoms with Crippen LogP contribution >= 0.6 is 0 Å². The Morgan fingerprint density at radius 2 is 1.03 bits per heavy atom. The number of aliphatic hydroxyl groups excluding tert-OH is 6. The topological polar surface area (TPSA) is 183 Å². The third-order valence-electron chi connectivity index (χ3n) is 4.59. The summed E-state index contributed by atoms with van der Waals surface area (Å²) in [5.74, 6) is -1.66. The molecule has 6 unspecified atom stereocenters. The highest BCUT2D eigenvalue weighted by atomic mass is 16.6. The lowest BCUT2D eigenvalue weighted by Gasteiger charge is -2.29. The van der Waals surface area contributed by atoms with Gasteiger partial charge in [-0.25, -0.2) is 9.59 Å². The standard InChI is InChI=1S/C22H38O11/c1-13(2)21(29)32-19(15(25)7-5-9-23)17(27)11-31-12-18(28)20(16(26)8-6-10-24)33-22(30)14(3)4/h15-20,23-28H,1,3,5-12H2,2,4H3. The van der Waals surface area contributed by atoms with E-state index in [0.29, 0.717) is 0 Å². The number of carbonyl (C=O) groups excluding carboxylic acids is 2. The number of aliphatic hydroxyl groups is 6. The molecule has 0 aromatic heterocycles. The molecule has 0 heterocycles. The molecule has 0 amide bonds. The number of hydrogen-bond acceptors (Lipinski definition) is 11. The van der Waals surface area contributed by atoms with Crippen molar-refractivity contribution < 1.29 is 54.4 Å². The largest absolute Gasteiger partial charge is 0.453 e. The van der Waals surface area contributed by atoms with E-state index in [1.165, 1.54) is 13.8 Å². The Labute approximate surface area is 193 Å². The number of hydrogen-bond donors (Lipinski definition) is 6. The van der Waals surface area contributed by atoms with E-state index in [0.717, 1.165) is 0 Å². The van der Waals surface area contributed by atoms with Gasteiger partial charge in [0.25, 0.3) is 0 Å². The van der Waals surface area contributed by atoms with Crippen molar-refractivity contribution in [3.63, 3.8) is 0 Å². The second kappa shape index (κ2) is 16.7. The molecule has 0 aliphatic heterocycles. The molecule has 0 rings (SSSR count). The molecule has 0 aromatic rings. The molecule has 192 valence electrons. The van der Waals surface area contributed by atoms with Crippen LogP contribution in [-0.2, 0) is 23.8 Å². The molecule has 0 aliphatic rings. The summed E-state index contributed by atoms with van der Waals surface area (Å²) in [5.41, 5.74) is 0.105. The first-order valence-corrected chi connectivity index (χ1v) is 10.7. The lowest BCUT2D eigenvalue weighted by atomic mass is 10.0. The SMILES string of the molecule is C=C(C)C(=O)OC(C(O)CCCO)C(O)COCC(O)C(OC(=O)C(=C)C)C(O)CCCO. The Morgan fingerprint density at radius 3 is 1.30 bits per heavy atom. The molecule has 6 N–H and O–H groups in total. The fourth-order valence-corrected chi connectivity index (χ4v) is 2.70. The molecule has 11 heteroatoms. The zero-order chi connectivity index (χ0) is 25.6. The van der Waals surface area contributed by atoms with Crippen LogP contribution in [0.5, 0.6) is 0 Å². The van der Waals surface area contributed by atoms with Crippen LogP contribution in [0.4, 0.5) is 0 Å². The first kappa shape index (κ1) is 31.1. The van der Waals surface area contributed by atoms with Gasteiger partial charge in [-0.05, 0) is 39.5 Å². The second-order valence-electron chi connectivity index (χ2n) is 7.84. The Morgan fingerprint density at radius 1 is 0.697 bits per heavy atom. The summed E-state index contributed by atoms with van der Waals surface area (Å²) < 4.78 is 15.5. The molecule has 6 atom stereocenters. The Bertz CT molecular complexity index is 569. The van der Waals surface area contributed by atoms with Crippen molar-refractivity contribution in [1.29, 1.82) is 0 Å². The molecule has 11 nitrogen and oxygen atoms in total. The fourth-order valence-electron chi connectivity index (χ4n) is 2.70. The lowest BCUT2D eigenvalue weighted by Crippen LogP contribution is -2.46. The summed E-state index contributed by atoms with van der Waals surface area (Å²) in [5, 5.41) is 59.1. The van der Waals surface area contributed by atoms with Crippen LogP contribution in [0.1, 0.15) is 39.5 Å². The Balaban J connectivity index is 5.10. The van der Waals surface area contributed by atoms with Crippen molar-refractivity contribution in [1.82, 2.24) is 0 Å². The minimum Gasteiger partial charge on any atom is -0.453 e. The molecule has 0 aliphatic carbocycles. The Hall–Kier alpha value is -1.86. The monoisotopic (exact) mass is 478 g/mol. The van der Waals surface area contributed by atoms with E-state index >= 15 is 0 Å². The van der Waals surface area contributed by atoms with Gasteiger partial charge in [-0.1, -0.05) is 13.2 Å². The van der Waals surface area contributed by atoms with Gasteiger partial charge in [0.2, 0.25) is 0 Å². The normalized spacial score (nSPS) is 16.7. The summed E-state index contributed by atoms with van der Waals surface area (Å²) in [4.78, 5) is 23.7. The maximum Gasteiger partial charge on any atom is 0.333 e. The summed E-state index contributed by atoms with van der Waals surface area (Å²) in [6.07, 6.45) is -7.86. The predicted molar refractivity (Wildman–Crippen MR) is 117 cm³/mol. The molecule has 0 fully saturated rings. The van der Waals surface area contributed by atoms with Crippen LogP contribution in [0, 0.1) is 0 Å². The zero-order valence-corrected chi connectivity index (χ0v) is 19.3. The molecular formula is C22H38O11. The van der Waals surface area contributed by atoms with Gasteiger partial charge in [0.05, 0.1) is 25.4 Å². The van der Waals surface area contributed by atoms with Crippen molar-refractivity contribution in [2.75, 3.05) is 26.4 Å². The average molecular weight is 479 g/mol. The molecule has 0 saturated heterocycles. The van der Waals surface area contributed by atoms with E-state index in [1.807, 2.05) is 0 Å². The van der Waals surface area contributed by atoms with Crippen LogP contribution in [0.25, 0.3) is 0 Å². The van der Waals surface area contributed by atoms with Gasteiger partial charge in [0.15, 0.2) is 12.2 Å². The first-order valence-electron chi connectivity index (χ1n) is 10.7. The summed E-state index contributed by atoms with van der Waals surface area (Å²) in [7, 11) is 0. The minimum absolute atomic E-state index is 0.0420. The molecule has 0 spiro atoms. The van der Waals surface area contributed by atoms with Crippen LogP contribution in [0.2, 0.25) is 0 Å². The molecule has 33 heavy (non-hydrogen) atoms. The van der Waals surface area contributed by atoms with E-state index in [2.05, 4.69) is 13.2 Å². The fraction of sp³-hybridized carbons (Fsp3) is 0.727. The van der Waals surface area contributed by atoms with E-state index in [4.69, 9.17) is 24.4 Å². The van der Waals surface area contributed by atoms with Crippen molar-refractivity contribution in [3.05, 3.63) is 24.3 Å². The predicted octanol–water partition coefficient (Wildman–Crippen LogP) is -1.03. The van der Waals surface area contributed by atoms with Gasteiger partial charge >= 0.3 is 11.9 Å². The van der Waals surface area contributed by atoms with Crippen LogP contribution in [-0.4, -0.2) is 106 Å². The van der Waals surface area contributed by atoms with E-state index in [9.17, 15) is 30.0 Å². The van der Waals surface area contributed by atoms with Gasteiger partial charge in [-0.3, -0.25) is 0 Å². The summed E-state index contributed by atoms with van der Waals surface area (Å²) >= 11 is 0. The highest BCUT2D eigenvalue weighted by Crippen LogP contribution is 2.16. The van der Waals surface area contributed by atoms with E-state index in [1.54, 1.807) is 0 Å². The minimum atomic E-state index is -1.50. The van der Waals surface area contributed by atoms with Gasteiger partial charge in [-0.2, -0.15) is 0 Å². The zero-order valence-electron chi connectivity index (χ0n) is 19.3. The van der Waals surface area contributed by atoms with Crippen LogP contribution in [0.15, 0.2) is 24.3 Å². The van der Waals surface area contributed by atoms with E-state index in [-0.39, 0.29) is 50.0 Å². The summed E-state index contributed by atoms with van der Waals surface area (Å²) in [6, 6.07) is 0. The quantitative estimate of drug-likeness (QED) is 0.105. The van der Waals surface area contributed by atoms with Crippen molar-refractivity contribution >= 4 is 11.9 Å². The molecule has 0 saturated carbocycles. The third-order valence-corrected chi connectivity index (χ3v) is 4.59. The molecular weight excluding hydrogens is 440 g/mol. The summed E-state index contributed by atoms with van der Waals surface area (Å²) in [6.45, 7) is 8.30. The number of esters is 2. The number of rotatable bonds is 18. The van der Waals surface area contributed by atoms with Crippen LogP contribution < -0.4 is 0 Å². The molecule has 0 aromatic carbocycles. The lowest BCUT2D eigenvalue weighted by molar-refractivity contribution is -0.171. The third kappa shape index (κ3) is 12.2. The maximum absolute atomic E-state index is 11.9. The van der Waals surface area contributed by atoms with Crippen LogP contribution in [0.3, 0.4) is 0 Å². The average Bonchev–Trinajstić information content (AvgIpc) is 2.76. The van der Waals surface area contributed by atoms with E-state index < -0.39 is 61.8 Å². The Kier molecular flexibility index (Phi) is 15.8. The highest BCUT2D eigenvalue weighted by Gasteiger charge is 2.33. The first-order chi connectivity index (χ1) is 15.5.